The summed E-state index contributed by atoms with van der Waals surface area (Å²) in [5.41, 5.74) is 2.44. The lowest BCUT2D eigenvalue weighted by atomic mass is 9.94. The Balaban J connectivity index is 1.93. The predicted octanol–water partition coefficient (Wildman–Crippen LogP) is 3.75. The first kappa shape index (κ1) is 17.3. The van der Waals surface area contributed by atoms with Crippen LogP contribution >= 0.6 is 0 Å². The van der Waals surface area contributed by atoms with Crippen LogP contribution in [0.25, 0.3) is 0 Å². The second-order valence-electron chi connectivity index (χ2n) is 6.24. The summed E-state index contributed by atoms with van der Waals surface area (Å²) in [6, 6.07) is 11.4. The molecule has 1 aromatic heterocycles. The van der Waals surface area contributed by atoms with Gasteiger partial charge in [0.1, 0.15) is 11.8 Å². The molecule has 0 aliphatic carbocycles. The average Bonchev–Trinajstić information content (AvgIpc) is 3.06. The molecule has 0 radical (unpaired) electrons. The molecule has 2 unspecified atom stereocenters. The highest BCUT2D eigenvalue weighted by Gasteiger charge is 2.18. The number of aliphatic hydroxyl groups excluding tert-OH is 1. The van der Waals surface area contributed by atoms with Crippen LogP contribution in [-0.4, -0.2) is 17.6 Å². The first-order chi connectivity index (χ1) is 11.0. The molecule has 23 heavy (non-hydrogen) atoms. The van der Waals surface area contributed by atoms with Gasteiger partial charge >= 0.3 is 0 Å². The second kappa shape index (κ2) is 7.97. The number of rotatable bonds is 7. The minimum atomic E-state index is -0.493. The van der Waals surface area contributed by atoms with Gasteiger partial charge in [0.15, 0.2) is 0 Å². The standard InChI is InChI=1S/C19H25NO3/c1-13(2)15-6-8-16(9-7-15)14(3)11-19(22)20-17(12-21)18-5-4-10-23-18/h4-10,13-14,17,21H,11-12H2,1-3H3,(H,20,22). The molecule has 2 aromatic rings. The number of benzene rings is 1. The summed E-state index contributed by atoms with van der Waals surface area (Å²) >= 11 is 0. The number of carbonyl (C=O) groups is 1. The summed E-state index contributed by atoms with van der Waals surface area (Å²) in [6.45, 7) is 6.17. The normalized spacial score (nSPS) is 13.8. The summed E-state index contributed by atoms with van der Waals surface area (Å²) < 4.78 is 5.24. The van der Waals surface area contributed by atoms with E-state index < -0.39 is 6.04 Å². The lowest BCUT2D eigenvalue weighted by Gasteiger charge is -2.17. The van der Waals surface area contributed by atoms with E-state index in [-0.39, 0.29) is 18.4 Å². The molecule has 1 aromatic carbocycles. The third-order valence-electron chi connectivity index (χ3n) is 4.07. The van der Waals surface area contributed by atoms with Crippen molar-refractivity contribution >= 4 is 5.91 Å². The van der Waals surface area contributed by atoms with Crippen LogP contribution in [0.3, 0.4) is 0 Å². The van der Waals surface area contributed by atoms with Crippen molar-refractivity contribution < 1.29 is 14.3 Å². The Morgan fingerprint density at radius 1 is 1.13 bits per heavy atom. The van der Waals surface area contributed by atoms with Crippen LogP contribution in [0.1, 0.15) is 62.0 Å². The van der Waals surface area contributed by atoms with Gasteiger partial charge in [-0.3, -0.25) is 4.79 Å². The van der Waals surface area contributed by atoms with Gasteiger partial charge in [-0.05, 0) is 35.1 Å². The van der Waals surface area contributed by atoms with Crippen molar-refractivity contribution in [2.75, 3.05) is 6.61 Å². The number of hydrogen-bond donors (Lipinski definition) is 2. The van der Waals surface area contributed by atoms with Crippen molar-refractivity contribution in [1.82, 2.24) is 5.32 Å². The Bertz CT molecular complexity index is 602. The fourth-order valence-corrected chi connectivity index (χ4v) is 2.55. The maximum Gasteiger partial charge on any atom is 0.221 e. The SMILES string of the molecule is CC(C)c1ccc(C(C)CC(=O)NC(CO)c2ccco2)cc1. The number of aliphatic hydroxyl groups is 1. The number of nitrogens with one attached hydrogen (secondary N) is 1. The Hall–Kier alpha value is -2.07. The molecule has 1 heterocycles. The fraction of sp³-hybridized carbons (Fsp3) is 0.421. The summed E-state index contributed by atoms with van der Waals surface area (Å²) in [7, 11) is 0. The van der Waals surface area contributed by atoms with Crippen LogP contribution in [0.15, 0.2) is 47.1 Å². The van der Waals surface area contributed by atoms with Crippen molar-refractivity contribution in [1.29, 1.82) is 0 Å². The molecule has 2 rings (SSSR count). The molecule has 0 saturated carbocycles. The van der Waals surface area contributed by atoms with E-state index in [4.69, 9.17) is 4.42 Å². The quantitative estimate of drug-likeness (QED) is 0.818. The number of amides is 1. The van der Waals surface area contributed by atoms with Gasteiger partial charge in [0.05, 0.1) is 12.9 Å². The zero-order valence-electron chi connectivity index (χ0n) is 14.0. The summed E-state index contributed by atoms with van der Waals surface area (Å²) in [5.74, 6) is 1.09. The Morgan fingerprint density at radius 3 is 2.30 bits per heavy atom. The molecule has 0 aliphatic rings. The highest BCUT2D eigenvalue weighted by atomic mass is 16.3. The minimum absolute atomic E-state index is 0.0964. The number of hydrogen-bond acceptors (Lipinski definition) is 3. The van der Waals surface area contributed by atoms with Crippen LogP contribution in [-0.2, 0) is 4.79 Å². The number of furan rings is 1. The van der Waals surface area contributed by atoms with Crippen molar-refractivity contribution in [2.24, 2.45) is 0 Å². The van der Waals surface area contributed by atoms with E-state index in [1.165, 1.54) is 11.8 Å². The summed E-state index contributed by atoms with van der Waals surface area (Å²) in [5, 5.41) is 12.2. The van der Waals surface area contributed by atoms with Gasteiger partial charge < -0.3 is 14.8 Å². The average molecular weight is 315 g/mol. The van der Waals surface area contributed by atoms with E-state index in [9.17, 15) is 9.90 Å². The summed E-state index contributed by atoms with van der Waals surface area (Å²) in [6.07, 6.45) is 1.90. The Labute approximate surface area is 137 Å². The van der Waals surface area contributed by atoms with Crippen molar-refractivity contribution in [3.05, 3.63) is 59.5 Å². The van der Waals surface area contributed by atoms with E-state index in [2.05, 4.69) is 43.4 Å². The van der Waals surface area contributed by atoms with Crippen LogP contribution in [0.5, 0.6) is 0 Å². The second-order valence-corrected chi connectivity index (χ2v) is 6.24. The molecule has 1 amide bonds. The lowest BCUT2D eigenvalue weighted by molar-refractivity contribution is -0.122. The van der Waals surface area contributed by atoms with Crippen LogP contribution in [0, 0.1) is 0 Å². The molecule has 0 saturated heterocycles. The maximum absolute atomic E-state index is 12.2. The largest absolute Gasteiger partial charge is 0.467 e. The third-order valence-corrected chi connectivity index (χ3v) is 4.07. The predicted molar refractivity (Wildman–Crippen MR) is 90.2 cm³/mol. The van der Waals surface area contributed by atoms with Crippen LogP contribution < -0.4 is 5.32 Å². The van der Waals surface area contributed by atoms with E-state index in [1.807, 2.05) is 6.92 Å². The van der Waals surface area contributed by atoms with Gasteiger partial charge in [0, 0.05) is 6.42 Å². The molecule has 0 aliphatic heterocycles. The lowest BCUT2D eigenvalue weighted by Crippen LogP contribution is -2.31. The van der Waals surface area contributed by atoms with Crippen LogP contribution in [0.4, 0.5) is 0 Å². The van der Waals surface area contributed by atoms with Crippen molar-refractivity contribution in [3.8, 4) is 0 Å². The van der Waals surface area contributed by atoms with E-state index in [0.717, 1.165) is 5.56 Å². The Morgan fingerprint density at radius 2 is 1.78 bits per heavy atom. The molecule has 124 valence electrons. The molecule has 4 nitrogen and oxygen atoms in total. The highest BCUT2D eigenvalue weighted by molar-refractivity contribution is 5.77. The molecule has 0 bridgehead atoms. The van der Waals surface area contributed by atoms with E-state index >= 15 is 0 Å². The summed E-state index contributed by atoms with van der Waals surface area (Å²) in [4.78, 5) is 12.2. The van der Waals surface area contributed by atoms with Gasteiger partial charge in [0.2, 0.25) is 5.91 Å². The monoisotopic (exact) mass is 315 g/mol. The molecular weight excluding hydrogens is 290 g/mol. The third kappa shape index (κ3) is 4.70. The molecule has 2 N–H and O–H groups in total. The first-order valence-electron chi connectivity index (χ1n) is 8.04. The van der Waals surface area contributed by atoms with Gasteiger partial charge in [0.25, 0.3) is 0 Å². The van der Waals surface area contributed by atoms with E-state index in [1.54, 1.807) is 12.1 Å². The van der Waals surface area contributed by atoms with Gasteiger partial charge in [-0.2, -0.15) is 0 Å². The van der Waals surface area contributed by atoms with Gasteiger partial charge in [-0.25, -0.2) is 0 Å². The minimum Gasteiger partial charge on any atom is -0.467 e. The highest BCUT2D eigenvalue weighted by Crippen LogP contribution is 2.23. The molecule has 0 fully saturated rings. The van der Waals surface area contributed by atoms with Crippen molar-refractivity contribution in [3.63, 3.8) is 0 Å². The zero-order valence-corrected chi connectivity index (χ0v) is 14.0. The number of carbonyl (C=O) groups excluding carboxylic acids is 1. The smallest absolute Gasteiger partial charge is 0.221 e. The maximum atomic E-state index is 12.2. The van der Waals surface area contributed by atoms with E-state index in [0.29, 0.717) is 18.1 Å². The Kier molecular flexibility index (Phi) is 5.99. The van der Waals surface area contributed by atoms with Crippen LogP contribution in [0.2, 0.25) is 0 Å². The molecular formula is C19H25NO3. The first-order valence-corrected chi connectivity index (χ1v) is 8.04. The van der Waals surface area contributed by atoms with Gasteiger partial charge in [-0.1, -0.05) is 45.0 Å². The fourth-order valence-electron chi connectivity index (χ4n) is 2.55. The molecule has 2 atom stereocenters. The zero-order chi connectivity index (χ0) is 16.8. The topological polar surface area (TPSA) is 62.5 Å². The molecule has 4 heteroatoms. The van der Waals surface area contributed by atoms with Gasteiger partial charge in [-0.15, -0.1) is 0 Å². The van der Waals surface area contributed by atoms with Crippen molar-refractivity contribution in [2.45, 2.75) is 45.1 Å². The molecule has 0 spiro atoms.